The summed E-state index contributed by atoms with van der Waals surface area (Å²) in [7, 11) is 1.87. The zero-order valence-electron chi connectivity index (χ0n) is 14.3. The first-order valence-corrected chi connectivity index (χ1v) is 8.15. The zero-order valence-corrected chi connectivity index (χ0v) is 14.3. The van der Waals surface area contributed by atoms with Crippen LogP contribution in [0.3, 0.4) is 0 Å². The molecule has 0 aromatic carbocycles. The molecule has 8 nitrogen and oxygen atoms in total. The van der Waals surface area contributed by atoms with E-state index in [0.717, 1.165) is 22.9 Å². The van der Waals surface area contributed by atoms with Crippen molar-refractivity contribution in [3.8, 4) is 0 Å². The Morgan fingerprint density at radius 2 is 2.08 bits per heavy atom. The SMILES string of the molecule is Cc1ccn[nH]1.Cc1nc(NC2CCC2)nc2c1NC(=O)CN2C. The van der Waals surface area contributed by atoms with E-state index in [0.29, 0.717) is 18.5 Å². The Balaban J connectivity index is 0.000000238. The highest BCUT2D eigenvalue weighted by Gasteiger charge is 2.25. The molecule has 1 saturated carbocycles. The third-order valence-electron chi connectivity index (χ3n) is 4.16. The number of H-pyrrole nitrogens is 1. The average Bonchev–Trinajstić information content (AvgIpc) is 2.96. The highest BCUT2D eigenvalue weighted by molar-refractivity contribution is 6.00. The molecule has 0 unspecified atom stereocenters. The van der Waals surface area contributed by atoms with Crippen molar-refractivity contribution in [1.29, 1.82) is 0 Å². The summed E-state index contributed by atoms with van der Waals surface area (Å²) in [5.41, 5.74) is 2.64. The summed E-state index contributed by atoms with van der Waals surface area (Å²) < 4.78 is 0. The van der Waals surface area contributed by atoms with Gasteiger partial charge in [-0.25, -0.2) is 4.98 Å². The van der Waals surface area contributed by atoms with E-state index in [4.69, 9.17) is 0 Å². The van der Waals surface area contributed by atoms with Crippen molar-refractivity contribution in [1.82, 2.24) is 20.2 Å². The van der Waals surface area contributed by atoms with Crippen LogP contribution in [0.1, 0.15) is 30.7 Å². The predicted octanol–water partition coefficient (Wildman–Crippen LogP) is 1.86. The molecule has 1 amide bonds. The number of carbonyl (C=O) groups excluding carboxylic acids is 1. The highest BCUT2D eigenvalue weighted by atomic mass is 16.2. The minimum Gasteiger partial charge on any atom is -0.351 e. The van der Waals surface area contributed by atoms with E-state index in [1.54, 1.807) is 6.20 Å². The molecule has 128 valence electrons. The summed E-state index contributed by atoms with van der Waals surface area (Å²) in [6, 6.07) is 2.42. The Kier molecular flexibility index (Phi) is 4.64. The number of carbonyl (C=O) groups is 1. The van der Waals surface area contributed by atoms with Crippen LogP contribution in [-0.4, -0.2) is 45.7 Å². The Labute approximate surface area is 141 Å². The summed E-state index contributed by atoms with van der Waals surface area (Å²) in [6.07, 6.45) is 5.38. The molecule has 4 rings (SSSR count). The molecule has 2 aromatic rings. The summed E-state index contributed by atoms with van der Waals surface area (Å²) in [6.45, 7) is 4.20. The van der Waals surface area contributed by atoms with Gasteiger partial charge in [-0.05, 0) is 39.2 Å². The molecule has 1 fully saturated rings. The third kappa shape index (κ3) is 3.64. The average molecular weight is 329 g/mol. The van der Waals surface area contributed by atoms with Crippen LogP contribution in [0.5, 0.6) is 0 Å². The van der Waals surface area contributed by atoms with Gasteiger partial charge in [0, 0.05) is 25.0 Å². The van der Waals surface area contributed by atoms with Crippen LogP contribution in [0.2, 0.25) is 0 Å². The van der Waals surface area contributed by atoms with E-state index in [1.807, 2.05) is 31.9 Å². The second-order valence-electron chi connectivity index (χ2n) is 6.25. The third-order valence-corrected chi connectivity index (χ3v) is 4.16. The summed E-state index contributed by atoms with van der Waals surface area (Å²) in [5, 5.41) is 12.6. The van der Waals surface area contributed by atoms with Crippen LogP contribution in [0, 0.1) is 13.8 Å². The molecule has 1 aliphatic carbocycles. The molecule has 0 spiro atoms. The molecule has 24 heavy (non-hydrogen) atoms. The fraction of sp³-hybridized carbons (Fsp3) is 0.500. The molecule has 3 N–H and O–H groups in total. The van der Waals surface area contributed by atoms with Crippen molar-refractivity contribution in [2.75, 3.05) is 29.1 Å². The van der Waals surface area contributed by atoms with Gasteiger partial charge in [-0.1, -0.05) is 0 Å². The second-order valence-corrected chi connectivity index (χ2v) is 6.25. The van der Waals surface area contributed by atoms with Gasteiger partial charge in [0.1, 0.15) is 5.69 Å². The van der Waals surface area contributed by atoms with Crippen molar-refractivity contribution in [3.63, 3.8) is 0 Å². The van der Waals surface area contributed by atoms with Gasteiger partial charge in [0.25, 0.3) is 0 Å². The van der Waals surface area contributed by atoms with Gasteiger partial charge in [-0.2, -0.15) is 10.1 Å². The first-order chi connectivity index (χ1) is 11.5. The fourth-order valence-electron chi connectivity index (χ4n) is 2.57. The monoisotopic (exact) mass is 329 g/mol. The molecule has 3 heterocycles. The predicted molar refractivity (Wildman–Crippen MR) is 93.3 cm³/mol. The second kappa shape index (κ2) is 6.86. The first-order valence-electron chi connectivity index (χ1n) is 8.15. The number of aryl methyl sites for hydroxylation is 2. The number of nitrogens with one attached hydrogen (secondary N) is 3. The Morgan fingerprint density at radius 1 is 1.29 bits per heavy atom. The molecular formula is C16H23N7O. The maximum absolute atomic E-state index is 11.5. The van der Waals surface area contributed by atoms with E-state index >= 15 is 0 Å². The molecular weight excluding hydrogens is 306 g/mol. The van der Waals surface area contributed by atoms with Crippen LogP contribution >= 0.6 is 0 Å². The number of nitrogens with zero attached hydrogens (tertiary/aromatic N) is 4. The number of amides is 1. The van der Waals surface area contributed by atoms with Crippen LogP contribution in [0.4, 0.5) is 17.5 Å². The van der Waals surface area contributed by atoms with E-state index < -0.39 is 0 Å². The number of hydrogen-bond donors (Lipinski definition) is 3. The summed E-state index contributed by atoms with van der Waals surface area (Å²) >= 11 is 0. The molecule has 2 aliphatic rings. The van der Waals surface area contributed by atoms with Gasteiger partial charge in [0.2, 0.25) is 11.9 Å². The first kappa shape index (κ1) is 16.2. The summed E-state index contributed by atoms with van der Waals surface area (Å²) in [5.74, 6) is 1.44. The van der Waals surface area contributed by atoms with Crippen molar-refractivity contribution in [3.05, 3.63) is 23.7 Å². The standard InChI is InChI=1S/C12H17N5O.C4H6N2/c1-7-10-11(17(2)6-9(18)15-10)16-12(13-7)14-8-4-3-5-8;1-4-2-3-5-6-4/h8H,3-6H2,1-2H3,(H,15,18)(H,13,14,16);2-3H,1H3,(H,5,6). The van der Waals surface area contributed by atoms with Crippen LogP contribution in [-0.2, 0) is 4.79 Å². The number of fused-ring (bicyclic) bond motifs is 1. The van der Waals surface area contributed by atoms with E-state index in [-0.39, 0.29) is 5.91 Å². The minimum absolute atomic E-state index is 0.0172. The molecule has 2 aromatic heterocycles. The van der Waals surface area contributed by atoms with Gasteiger partial charge in [0.15, 0.2) is 5.82 Å². The number of rotatable bonds is 2. The normalized spacial score (nSPS) is 16.5. The van der Waals surface area contributed by atoms with Gasteiger partial charge in [-0.3, -0.25) is 9.89 Å². The van der Waals surface area contributed by atoms with Crippen molar-refractivity contribution >= 4 is 23.4 Å². The zero-order chi connectivity index (χ0) is 17.1. The van der Waals surface area contributed by atoms with E-state index in [1.165, 1.54) is 19.3 Å². The maximum atomic E-state index is 11.5. The highest BCUT2D eigenvalue weighted by Crippen LogP contribution is 2.30. The smallest absolute Gasteiger partial charge is 0.244 e. The molecule has 0 bridgehead atoms. The van der Waals surface area contributed by atoms with Crippen LogP contribution < -0.4 is 15.5 Å². The van der Waals surface area contributed by atoms with Gasteiger partial charge in [0.05, 0.1) is 12.2 Å². The van der Waals surface area contributed by atoms with Crippen LogP contribution in [0.25, 0.3) is 0 Å². The van der Waals surface area contributed by atoms with Crippen molar-refractivity contribution in [2.24, 2.45) is 0 Å². The Morgan fingerprint density at radius 3 is 2.62 bits per heavy atom. The lowest BCUT2D eigenvalue weighted by molar-refractivity contribution is -0.115. The Hall–Kier alpha value is -2.64. The lowest BCUT2D eigenvalue weighted by Gasteiger charge is -2.30. The van der Waals surface area contributed by atoms with E-state index in [9.17, 15) is 4.79 Å². The maximum Gasteiger partial charge on any atom is 0.244 e. The minimum atomic E-state index is -0.0172. The lowest BCUT2D eigenvalue weighted by Crippen LogP contribution is -2.37. The summed E-state index contributed by atoms with van der Waals surface area (Å²) in [4.78, 5) is 22.3. The van der Waals surface area contributed by atoms with Crippen molar-refractivity contribution < 1.29 is 4.79 Å². The van der Waals surface area contributed by atoms with Gasteiger partial charge in [-0.15, -0.1) is 0 Å². The Bertz CT molecular complexity index is 709. The lowest BCUT2D eigenvalue weighted by atomic mass is 9.93. The topological polar surface area (TPSA) is 98.8 Å². The van der Waals surface area contributed by atoms with Gasteiger partial charge >= 0.3 is 0 Å². The molecule has 0 saturated heterocycles. The largest absolute Gasteiger partial charge is 0.351 e. The number of hydrogen-bond acceptors (Lipinski definition) is 6. The molecule has 8 heteroatoms. The number of anilines is 3. The number of likely N-dealkylation sites (N-methyl/N-ethyl adjacent to an activating group) is 1. The molecule has 0 atom stereocenters. The molecule has 1 aliphatic heterocycles. The van der Waals surface area contributed by atoms with Gasteiger partial charge < -0.3 is 15.5 Å². The van der Waals surface area contributed by atoms with Crippen LogP contribution in [0.15, 0.2) is 12.3 Å². The number of aromatic amines is 1. The van der Waals surface area contributed by atoms with Crippen molar-refractivity contribution in [2.45, 2.75) is 39.2 Å². The van der Waals surface area contributed by atoms with E-state index in [2.05, 4.69) is 30.8 Å². The molecule has 0 radical (unpaired) electrons. The fourth-order valence-corrected chi connectivity index (χ4v) is 2.57. The number of aromatic nitrogens is 4. The quantitative estimate of drug-likeness (QED) is 0.778.